The van der Waals surface area contributed by atoms with Crippen LogP contribution in [0.4, 0.5) is 8.78 Å². The average Bonchev–Trinajstić information content (AvgIpc) is 2.68. The van der Waals surface area contributed by atoms with Gasteiger partial charge in [-0.2, -0.15) is 0 Å². The second kappa shape index (κ2) is 3.65. The summed E-state index contributed by atoms with van der Waals surface area (Å²) in [6, 6.07) is -1.14. The Kier molecular flexibility index (Phi) is 3.67. The number of hydrogen-bond acceptors (Lipinski definition) is 2. The summed E-state index contributed by atoms with van der Waals surface area (Å²) in [5.74, 6) is -3.15. The quantitative estimate of drug-likeness (QED) is 0.686. The summed E-state index contributed by atoms with van der Waals surface area (Å²) in [5, 5.41) is 8.21. The van der Waals surface area contributed by atoms with E-state index in [1.165, 1.54) is 0 Å². The molecule has 1 rings (SSSR count). The SMILES string of the molecule is Cl.N[C@H](C1CC1)C(F)(F)CO. The molecule has 0 aliphatic heterocycles. The van der Waals surface area contributed by atoms with Gasteiger partial charge in [-0.25, -0.2) is 8.78 Å². The van der Waals surface area contributed by atoms with Crippen molar-refractivity contribution in [2.75, 3.05) is 6.61 Å². The molecule has 0 heterocycles. The van der Waals surface area contributed by atoms with E-state index in [1.807, 2.05) is 0 Å². The third-order valence-corrected chi connectivity index (χ3v) is 1.83. The van der Waals surface area contributed by atoms with Crippen molar-refractivity contribution in [1.82, 2.24) is 0 Å². The fourth-order valence-electron chi connectivity index (χ4n) is 0.906. The van der Waals surface area contributed by atoms with Crippen molar-refractivity contribution in [2.45, 2.75) is 24.8 Å². The average molecular weight is 188 g/mol. The van der Waals surface area contributed by atoms with Crippen molar-refractivity contribution in [3.63, 3.8) is 0 Å². The molecule has 1 fully saturated rings. The van der Waals surface area contributed by atoms with Crippen LogP contribution >= 0.6 is 12.4 Å². The maximum atomic E-state index is 12.5. The maximum Gasteiger partial charge on any atom is 0.285 e. The Morgan fingerprint density at radius 3 is 2.27 bits per heavy atom. The van der Waals surface area contributed by atoms with E-state index >= 15 is 0 Å². The van der Waals surface area contributed by atoms with Crippen molar-refractivity contribution in [3.8, 4) is 0 Å². The predicted molar refractivity (Wildman–Crippen MR) is 40.0 cm³/mol. The van der Waals surface area contributed by atoms with Crippen molar-refractivity contribution in [1.29, 1.82) is 0 Å². The van der Waals surface area contributed by atoms with Crippen LogP contribution in [0.1, 0.15) is 12.8 Å². The van der Waals surface area contributed by atoms with Crippen LogP contribution in [0.25, 0.3) is 0 Å². The van der Waals surface area contributed by atoms with E-state index in [0.717, 1.165) is 12.8 Å². The van der Waals surface area contributed by atoms with Crippen molar-refractivity contribution < 1.29 is 13.9 Å². The van der Waals surface area contributed by atoms with E-state index in [0.29, 0.717) is 0 Å². The first-order valence-corrected chi connectivity index (χ1v) is 3.32. The van der Waals surface area contributed by atoms with Crippen LogP contribution in [0, 0.1) is 5.92 Å². The van der Waals surface area contributed by atoms with Gasteiger partial charge in [-0.15, -0.1) is 12.4 Å². The van der Waals surface area contributed by atoms with Crippen molar-refractivity contribution in [3.05, 3.63) is 0 Å². The predicted octanol–water partition coefficient (Wildman–Crippen LogP) is 0.773. The molecule has 68 valence electrons. The van der Waals surface area contributed by atoms with Gasteiger partial charge in [0.2, 0.25) is 0 Å². The molecule has 0 aromatic rings. The first-order valence-electron chi connectivity index (χ1n) is 3.32. The fourth-order valence-corrected chi connectivity index (χ4v) is 0.906. The fraction of sp³-hybridized carbons (Fsp3) is 1.00. The highest BCUT2D eigenvalue weighted by molar-refractivity contribution is 5.85. The van der Waals surface area contributed by atoms with Crippen LogP contribution in [0.2, 0.25) is 0 Å². The molecule has 0 bridgehead atoms. The summed E-state index contributed by atoms with van der Waals surface area (Å²) in [6.07, 6.45) is 1.55. The summed E-state index contributed by atoms with van der Waals surface area (Å²) < 4.78 is 24.9. The van der Waals surface area contributed by atoms with Gasteiger partial charge in [-0.3, -0.25) is 0 Å². The van der Waals surface area contributed by atoms with E-state index in [2.05, 4.69) is 0 Å². The summed E-state index contributed by atoms with van der Waals surface area (Å²) >= 11 is 0. The lowest BCUT2D eigenvalue weighted by Gasteiger charge is -2.20. The molecule has 0 amide bonds. The van der Waals surface area contributed by atoms with Crippen LogP contribution in [0.15, 0.2) is 0 Å². The summed E-state index contributed by atoms with van der Waals surface area (Å²) in [7, 11) is 0. The van der Waals surface area contributed by atoms with Gasteiger partial charge in [-0.1, -0.05) is 0 Å². The minimum absolute atomic E-state index is 0. The smallest absolute Gasteiger partial charge is 0.285 e. The molecular formula is C6H12ClF2NO. The van der Waals surface area contributed by atoms with Gasteiger partial charge in [-0.05, 0) is 18.8 Å². The Bertz CT molecular complexity index is 130. The monoisotopic (exact) mass is 187 g/mol. The molecule has 0 aromatic heterocycles. The minimum atomic E-state index is -3.08. The maximum absolute atomic E-state index is 12.5. The lowest BCUT2D eigenvalue weighted by atomic mass is 10.1. The molecule has 1 atom stereocenters. The molecule has 0 radical (unpaired) electrons. The van der Waals surface area contributed by atoms with Crippen LogP contribution in [-0.2, 0) is 0 Å². The Morgan fingerprint density at radius 2 is 2.00 bits per heavy atom. The number of aliphatic hydroxyl groups excluding tert-OH is 1. The van der Waals surface area contributed by atoms with E-state index in [4.69, 9.17) is 10.8 Å². The van der Waals surface area contributed by atoms with Gasteiger partial charge in [0.25, 0.3) is 5.92 Å². The molecule has 0 unspecified atom stereocenters. The Labute approximate surface area is 70.2 Å². The first-order chi connectivity index (χ1) is 4.58. The highest BCUT2D eigenvalue weighted by Gasteiger charge is 2.45. The van der Waals surface area contributed by atoms with Gasteiger partial charge < -0.3 is 10.8 Å². The third-order valence-electron chi connectivity index (χ3n) is 1.83. The molecule has 5 heteroatoms. The largest absolute Gasteiger partial charge is 0.390 e. The molecular weight excluding hydrogens is 176 g/mol. The lowest BCUT2D eigenvalue weighted by molar-refractivity contribution is -0.0749. The summed E-state index contributed by atoms with van der Waals surface area (Å²) in [5.41, 5.74) is 5.16. The number of halogens is 3. The Hall–Kier alpha value is 0.0700. The number of aliphatic hydroxyl groups is 1. The number of hydrogen-bond donors (Lipinski definition) is 2. The molecule has 0 saturated heterocycles. The standard InChI is InChI=1S/C6H11F2NO.ClH/c7-6(8,3-10)5(9)4-1-2-4;/h4-5,10H,1-3,9H2;1H/t5-;/m1./s1. The summed E-state index contributed by atoms with van der Waals surface area (Å²) in [4.78, 5) is 0. The first kappa shape index (κ1) is 11.1. The molecule has 1 aliphatic carbocycles. The minimum Gasteiger partial charge on any atom is -0.390 e. The van der Waals surface area contributed by atoms with E-state index < -0.39 is 18.6 Å². The van der Waals surface area contributed by atoms with Gasteiger partial charge in [0.15, 0.2) is 0 Å². The molecule has 1 saturated carbocycles. The van der Waals surface area contributed by atoms with Crippen molar-refractivity contribution in [2.24, 2.45) is 11.7 Å². The van der Waals surface area contributed by atoms with Gasteiger partial charge in [0, 0.05) is 0 Å². The van der Waals surface area contributed by atoms with Gasteiger partial charge in [0.1, 0.15) is 6.61 Å². The zero-order valence-corrected chi connectivity index (χ0v) is 6.78. The highest BCUT2D eigenvalue weighted by atomic mass is 35.5. The second-order valence-electron chi connectivity index (χ2n) is 2.78. The number of alkyl halides is 2. The van der Waals surface area contributed by atoms with Crippen LogP contribution in [0.3, 0.4) is 0 Å². The molecule has 2 nitrogen and oxygen atoms in total. The zero-order valence-electron chi connectivity index (χ0n) is 5.96. The number of rotatable bonds is 3. The Balaban J connectivity index is 0.000001000. The normalized spacial score (nSPS) is 20.7. The third kappa shape index (κ3) is 2.54. The topological polar surface area (TPSA) is 46.2 Å². The van der Waals surface area contributed by atoms with Gasteiger partial charge >= 0.3 is 0 Å². The zero-order chi connectivity index (χ0) is 7.78. The van der Waals surface area contributed by atoms with Crippen LogP contribution in [-0.4, -0.2) is 23.7 Å². The van der Waals surface area contributed by atoms with Crippen LogP contribution in [0.5, 0.6) is 0 Å². The number of nitrogens with two attached hydrogens (primary N) is 1. The van der Waals surface area contributed by atoms with Crippen LogP contribution < -0.4 is 5.73 Å². The van der Waals surface area contributed by atoms with E-state index in [9.17, 15) is 8.78 Å². The molecule has 0 aromatic carbocycles. The summed E-state index contributed by atoms with van der Waals surface area (Å²) in [6.45, 7) is -1.13. The molecule has 3 N–H and O–H groups in total. The van der Waals surface area contributed by atoms with Crippen molar-refractivity contribution >= 4 is 12.4 Å². The molecule has 1 aliphatic rings. The Morgan fingerprint density at radius 1 is 1.55 bits per heavy atom. The van der Waals surface area contributed by atoms with Gasteiger partial charge in [0.05, 0.1) is 6.04 Å². The molecule has 11 heavy (non-hydrogen) atoms. The van der Waals surface area contributed by atoms with E-state index in [-0.39, 0.29) is 18.3 Å². The highest BCUT2D eigenvalue weighted by Crippen LogP contribution is 2.37. The molecule has 0 spiro atoms. The van der Waals surface area contributed by atoms with E-state index in [1.54, 1.807) is 0 Å². The second-order valence-corrected chi connectivity index (χ2v) is 2.78. The lowest BCUT2D eigenvalue weighted by Crippen LogP contribution is -2.45.